The molecule has 1 fully saturated rings. The fraction of sp³-hybridized carbons (Fsp3) is 0.476. The van der Waals surface area contributed by atoms with E-state index in [-0.39, 0.29) is 17.3 Å². The zero-order valence-electron chi connectivity index (χ0n) is 15.9. The standard InChI is InChI=1S/C21H27NO4/c1-13(2)7-5-8-14(3)9-6-10-15(4)11-18(24)22-16-12-17(23)20-21(26-20)19(16)25/h7,9,11-12,20-21H,5-6,8,10H2,1-4H3,(H,22,24). The van der Waals surface area contributed by atoms with Crippen LogP contribution < -0.4 is 5.32 Å². The first-order valence-corrected chi connectivity index (χ1v) is 9.00. The molecule has 140 valence electrons. The molecule has 0 radical (unpaired) electrons. The molecule has 1 heterocycles. The van der Waals surface area contributed by atoms with E-state index in [1.807, 2.05) is 6.92 Å². The van der Waals surface area contributed by atoms with E-state index in [4.69, 9.17) is 4.74 Å². The van der Waals surface area contributed by atoms with Crippen molar-refractivity contribution >= 4 is 17.5 Å². The van der Waals surface area contributed by atoms with E-state index in [1.165, 1.54) is 17.2 Å². The van der Waals surface area contributed by atoms with Crippen molar-refractivity contribution in [3.8, 4) is 0 Å². The zero-order chi connectivity index (χ0) is 19.3. The van der Waals surface area contributed by atoms with Gasteiger partial charge in [-0.05, 0) is 53.4 Å². The van der Waals surface area contributed by atoms with Crippen LogP contribution in [0.4, 0.5) is 0 Å². The highest BCUT2D eigenvalue weighted by Gasteiger charge is 2.53. The maximum atomic E-state index is 12.0. The summed E-state index contributed by atoms with van der Waals surface area (Å²) in [5, 5.41) is 2.50. The van der Waals surface area contributed by atoms with Gasteiger partial charge >= 0.3 is 0 Å². The second kappa shape index (κ2) is 8.90. The molecule has 0 saturated carbocycles. The molecule has 0 aromatic heterocycles. The first kappa shape index (κ1) is 20.0. The first-order valence-electron chi connectivity index (χ1n) is 9.00. The van der Waals surface area contributed by atoms with E-state index < -0.39 is 18.1 Å². The van der Waals surface area contributed by atoms with Gasteiger partial charge in [0.25, 0.3) is 0 Å². The number of epoxide rings is 1. The van der Waals surface area contributed by atoms with Crippen molar-refractivity contribution in [1.82, 2.24) is 5.32 Å². The second-order valence-electron chi connectivity index (χ2n) is 7.19. The molecule has 1 N–H and O–H groups in total. The highest BCUT2D eigenvalue weighted by atomic mass is 16.6. The van der Waals surface area contributed by atoms with Gasteiger partial charge in [-0.2, -0.15) is 0 Å². The molecule has 0 aromatic rings. The molecule has 5 nitrogen and oxygen atoms in total. The van der Waals surface area contributed by atoms with E-state index in [1.54, 1.807) is 0 Å². The monoisotopic (exact) mass is 357 g/mol. The van der Waals surface area contributed by atoms with Gasteiger partial charge < -0.3 is 10.1 Å². The van der Waals surface area contributed by atoms with E-state index in [2.05, 4.69) is 38.2 Å². The molecule has 2 atom stereocenters. The molecular formula is C21H27NO4. The number of carbonyl (C=O) groups is 3. The third-order valence-electron chi connectivity index (χ3n) is 4.34. The van der Waals surface area contributed by atoms with Crippen LogP contribution in [0.25, 0.3) is 0 Å². The molecule has 1 aliphatic heterocycles. The summed E-state index contributed by atoms with van der Waals surface area (Å²) in [4.78, 5) is 35.5. The Morgan fingerprint density at radius 1 is 1.04 bits per heavy atom. The summed E-state index contributed by atoms with van der Waals surface area (Å²) in [5.74, 6) is -0.985. The van der Waals surface area contributed by atoms with Crippen LogP contribution in [-0.2, 0) is 19.1 Å². The van der Waals surface area contributed by atoms with Gasteiger partial charge in [0.2, 0.25) is 11.7 Å². The summed E-state index contributed by atoms with van der Waals surface area (Å²) in [5.41, 5.74) is 3.62. The SMILES string of the molecule is CC(C)=CCCC(C)=CCCC(C)=CC(=O)NC1=CC(=O)C2OC2C1=O. The number of nitrogens with one attached hydrogen (secondary N) is 1. The van der Waals surface area contributed by atoms with Crippen molar-refractivity contribution in [3.05, 3.63) is 46.7 Å². The minimum Gasteiger partial charge on any atom is -0.352 e. The van der Waals surface area contributed by atoms with Gasteiger partial charge in [0.05, 0.1) is 5.70 Å². The number of ether oxygens (including phenoxy) is 1. The number of hydrogen-bond acceptors (Lipinski definition) is 4. The normalized spacial score (nSPS) is 22.5. The highest BCUT2D eigenvalue weighted by Crippen LogP contribution is 2.30. The van der Waals surface area contributed by atoms with Crippen LogP contribution in [-0.4, -0.2) is 29.7 Å². The Balaban J connectivity index is 1.78. The van der Waals surface area contributed by atoms with Crippen LogP contribution in [0.3, 0.4) is 0 Å². The molecule has 0 bridgehead atoms. The number of carbonyl (C=O) groups excluding carboxylic acids is 3. The highest BCUT2D eigenvalue weighted by molar-refractivity contribution is 6.17. The Morgan fingerprint density at radius 3 is 2.38 bits per heavy atom. The number of Topliss-reactive ketones (excluding diaryl/α,β-unsaturated/α-hetero) is 1. The predicted octanol–water partition coefficient (Wildman–Crippen LogP) is 3.32. The Labute approximate surface area is 154 Å². The maximum absolute atomic E-state index is 12.0. The second-order valence-corrected chi connectivity index (χ2v) is 7.19. The van der Waals surface area contributed by atoms with Crippen molar-refractivity contribution in [2.75, 3.05) is 0 Å². The smallest absolute Gasteiger partial charge is 0.248 e. The largest absolute Gasteiger partial charge is 0.352 e. The van der Waals surface area contributed by atoms with E-state index >= 15 is 0 Å². The lowest BCUT2D eigenvalue weighted by Crippen LogP contribution is -2.33. The fourth-order valence-corrected chi connectivity index (χ4v) is 2.78. The Morgan fingerprint density at radius 2 is 1.69 bits per heavy atom. The molecule has 1 saturated heterocycles. The topological polar surface area (TPSA) is 75.8 Å². The molecule has 1 aliphatic carbocycles. The molecule has 2 rings (SSSR count). The van der Waals surface area contributed by atoms with Gasteiger partial charge in [-0.3, -0.25) is 14.4 Å². The van der Waals surface area contributed by atoms with Gasteiger partial charge in [-0.25, -0.2) is 0 Å². The number of hydrogen-bond donors (Lipinski definition) is 1. The summed E-state index contributed by atoms with van der Waals surface area (Å²) in [6.45, 7) is 8.20. The van der Waals surface area contributed by atoms with Crippen molar-refractivity contribution < 1.29 is 19.1 Å². The molecule has 0 spiro atoms. The van der Waals surface area contributed by atoms with Crippen LogP contribution in [0.15, 0.2) is 46.7 Å². The van der Waals surface area contributed by atoms with Crippen molar-refractivity contribution in [1.29, 1.82) is 0 Å². The fourth-order valence-electron chi connectivity index (χ4n) is 2.78. The Kier molecular flexibility index (Phi) is 6.86. The number of rotatable bonds is 8. The summed E-state index contributed by atoms with van der Waals surface area (Å²) in [7, 11) is 0. The van der Waals surface area contributed by atoms with Gasteiger partial charge in [0.1, 0.15) is 0 Å². The first-order chi connectivity index (χ1) is 12.3. The van der Waals surface area contributed by atoms with Crippen LogP contribution in [0.2, 0.25) is 0 Å². The lowest BCUT2D eigenvalue weighted by atomic mass is 10.0. The lowest BCUT2D eigenvalue weighted by molar-refractivity contribution is -0.122. The third kappa shape index (κ3) is 5.92. The van der Waals surface area contributed by atoms with Crippen LogP contribution >= 0.6 is 0 Å². The zero-order valence-corrected chi connectivity index (χ0v) is 15.9. The van der Waals surface area contributed by atoms with Crippen LogP contribution in [0.5, 0.6) is 0 Å². The molecule has 5 heteroatoms. The summed E-state index contributed by atoms with van der Waals surface area (Å²) in [6.07, 6.45) is 9.47. The minimum atomic E-state index is -0.702. The molecule has 0 aromatic carbocycles. The van der Waals surface area contributed by atoms with E-state index in [0.717, 1.165) is 37.3 Å². The van der Waals surface area contributed by atoms with Crippen LogP contribution in [0.1, 0.15) is 53.4 Å². The van der Waals surface area contributed by atoms with Gasteiger partial charge in [-0.1, -0.05) is 28.9 Å². The van der Waals surface area contributed by atoms with Crippen molar-refractivity contribution in [3.63, 3.8) is 0 Å². The number of fused-ring (bicyclic) bond motifs is 1. The quantitative estimate of drug-likeness (QED) is 0.411. The summed E-state index contributed by atoms with van der Waals surface area (Å²) in [6, 6.07) is 0. The number of allylic oxidation sites excluding steroid dienone is 5. The van der Waals surface area contributed by atoms with Crippen molar-refractivity contribution in [2.24, 2.45) is 0 Å². The van der Waals surface area contributed by atoms with E-state index in [9.17, 15) is 14.4 Å². The van der Waals surface area contributed by atoms with Gasteiger partial charge in [0, 0.05) is 12.2 Å². The molecule has 1 amide bonds. The van der Waals surface area contributed by atoms with Gasteiger partial charge in [-0.15, -0.1) is 0 Å². The third-order valence-corrected chi connectivity index (χ3v) is 4.34. The Hall–Kier alpha value is -2.27. The Bertz CT molecular complexity index is 720. The average molecular weight is 357 g/mol. The summed E-state index contributed by atoms with van der Waals surface area (Å²) < 4.78 is 4.98. The number of amides is 1. The van der Waals surface area contributed by atoms with Crippen molar-refractivity contribution in [2.45, 2.75) is 65.6 Å². The molecule has 26 heavy (non-hydrogen) atoms. The average Bonchev–Trinajstić information content (AvgIpc) is 3.33. The lowest BCUT2D eigenvalue weighted by Gasteiger charge is -2.08. The summed E-state index contributed by atoms with van der Waals surface area (Å²) >= 11 is 0. The van der Waals surface area contributed by atoms with Crippen LogP contribution in [0, 0.1) is 0 Å². The van der Waals surface area contributed by atoms with Gasteiger partial charge in [0.15, 0.2) is 18.0 Å². The molecule has 2 aliphatic rings. The number of ketones is 2. The molecule has 2 unspecified atom stereocenters. The molecular weight excluding hydrogens is 330 g/mol. The predicted molar refractivity (Wildman–Crippen MR) is 100 cm³/mol. The minimum absolute atomic E-state index is 0.0258. The maximum Gasteiger partial charge on any atom is 0.248 e. The van der Waals surface area contributed by atoms with E-state index in [0.29, 0.717) is 0 Å².